The average molecular weight is 353 g/mol. The zero-order valence-electron chi connectivity index (χ0n) is 10.4. The van der Waals surface area contributed by atoms with Crippen LogP contribution in [-0.4, -0.2) is 35.9 Å². The van der Waals surface area contributed by atoms with E-state index in [0.29, 0.717) is 3.72 Å². The number of nitrogens with zero attached hydrogens (tertiary/aromatic N) is 1. The lowest BCUT2D eigenvalue weighted by Gasteiger charge is -2.09. The molecule has 0 saturated heterocycles. The van der Waals surface area contributed by atoms with Gasteiger partial charge < -0.3 is 9.47 Å². The molecular weight excluding hydrogens is 337 g/mol. The van der Waals surface area contributed by atoms with Gasteiger partial charge in [-0.25, -0.2) is 9.59 Å². The number of rotatable bonds is 5. The van der Waals surface area contributed by atoms with Gasteiger partial charge in [0.05, 0.1) is 18.8 Å². The van der Waals surface area contributed by atoms with Crippen molar-refractivity contribution in [2.45, 2.75) is 20.8 Å². The van der Waals surface area contributed by atoms with Crippen molar-refractivity contribution in [1.82, 2.24) is 0 Å². The molecule has 0 spiro atoms. The molecule has 0 radical (unpaired) electrons. The van der Waals surface area contributed by atoms with E-state index >= 15 is 0 Å². The molecular formula is C11H16INO4. The molecule has 0 atom stereocenters. The highest BCUT2D eigenvalue weighted by molar-refractivity contribution is 14.1. The van der Waals surface area contributed by atoms with E-state index in [1.807, 2.05) is 22.6 Å². The van der Waals surface area contributed by atoms with E-state index in [1.165, 1.54) is 6.92 Å². The number of esters is 2. The predicted octanol–water partition coefficient (Wildman–Crippen LogP) is 1.89. The van der Waals surface area contributed by atoms with Crippen molar-refractivity contribution in [3.05, 3.63) is 11.1 Å². The standard InChI is InChI=1S/C11H16INO4/c1-5-16-10(14)7(3)8(9(12)13-4)11(15)17-6-2/h5-6H2,1-4H3/b8-7-,13-9+. The fraction of sp³-hybridized carbons (Fsp3) is 0.545. The van der Waals surface area contributed by atoms with Gasteiger partial charge in [0.25, 0.3) is 0 Å². The van der Waals surface area contributed by atoms with E-state index in [1.54, 1.807) is 20.9 Å². The van der Waals surface area contributed by atoms with Crippen LogP contribution in [0.4, 0.5) is 0 Å². The van der Waals surface area contributed by atoms with Crippen LogP contribution >= 0.6 is 22.6 Å². The van der Waals surface area contributed by atoms with Crippen LogP contribution in [0.2, 0.25) is 0 Å². The Kier molecular flexibility index (Phi) is 7.77. The molecule has 0 aliphatic heterocycles. The number of aliphatic imine (C=N–C) groups is 1. The van der Waals surface area contributed by atoms with Crippen LogP contribution in [0.1, 0.15) is 20.8 Å². The minimum Gasteiger partial charge on any atom is -0.463 e. The molecule has 17 heavy (non-hydrogen) atoms. The van der Waals surface area contributed by atoms with E-state index in [4.69, 9.17) is 9.47 Å². The van der Waals surface area contributed by atoms with Crippen molar-refractivity contribution in [3.63, 3.8) is 0 Å². The fourth-order valence-electron chi connectivity index (χ4n) is 1.05. The van der Waals surface area contributed by atoms with E-state index in [9.17, 15) is 9.59 Å². The molecule has 0 N–H and O–H groups in total. The zero-order valence-corrected chi connectivity index (χ0v) is 12.5. The molecule has 0 amide bonds. The van der Waals surface area contributed by atoms with Crippen molar-refractivity contribution >= 4 is 38.2 Å². The molecule has 0 aromatic rings. The Labute approximate surface area is 114 Å². The lowest BCUT2D eigenvalue weighted by atomic mass is 10.1. The van der Waals surface area contributed by atoms with Crippen molar-refractivity contribution in [2.75, 3.05) is 20.3 Å². The summed E-state index contributed by atoms with van der Waals surface area (Å²) in [4.78, 5) is 27.2. The highest BCUT2D eigenvalue weighted by Gasteiger charge is 2.22. The normalized spacial score (nSPS) is 12.9. The second-order valence-corrected chi connectivity index (χ2v) is 3.98. The maximum atomic E-state index is 11.7. The highest BCUT2D eigenvalue weighted by atomic mass is 127. The predicted molar refractivity (Wildman–Crippen MR) is 73.3 cm³/mol. The first-order chi connectivity index (χ1) is 7.99. The van der Waals surface area contributed by atoms with Crippen LogP contribution in [0.15, 0.2) is 16.1 Å². The summed E-state index contributed by atoms with van der Waals surface area (Å²) < 4.78 is 10.2. The Morgan fingerprint density at radius 1 is 1.12 bits per heavy atom. The molecule has 0 aliphatic rings. The minimum atomic E-state index is -0.562. The fourth-order valence-corrected chi connectivity index (χ4v) is 1.67. The summed E-state index contributed by atoms with van der Waals surface area (Å²) in [6, 6.07) is 0. The number of carbonyl (C=O) groups excluding carboxylic acids is 2. The SMILES string of the molecule is CCOC(=O)/C(C)=C(C(=O)OCC)/C(I)=N\C. The van der Waals surface area contributed by atoms with Crippen LogP contribution in [0.3, 0.4) is 0 Å². The number of hydrogen-bond acceptors (Lipinski definition) is 5. The van der Waals surface area contributed by atoms with Crippen molar-refractivity contribution in [3.8, 4) is 0 Å². The second kappa shape index (κ2) is 8.21. The molecule has 0 bridgehead atoms. The van der Waals surface area contributed by atoms with Gasteiger partial charge >= 0.3 is 11.9 Å². The molecule has 6 heteroatoms. The summed E-state index contributed by atoms with van der Waals surface area (Å²) >= 11 is 1.88. The number of hydrogen-bond donors (Lipinski definition) is 0. The third-order valence-corrected chi connectivity index (χ3v) is 2.86. The molecule has 0 unspecified atom stereocenters. The monoisotopic (exact) mass is 353 g/mol. The topological polar surface area (TPSA) is 65.0 Å². The average Bonchev–Trinajstić information content (AvgIpc) is 2.29. The van der Waals surface area contributed by atoms with Gasteiger partial charge in [-0.1, -0.05) is 0 Å². The quantitative estimate of drug-likeness (QED) is 0.328. The summed E-state index contributed by atoms with van der Waals surface area (Å²) in [6.45, 7) is 5.42. The van der Waals surface area contributed by atoms with E-state index in [2.05, 4.69) is 4.99 Å². The van der Waals surface area contributed by atoms with Gasteiger partial charge in [0.1, 0.15) is 9.29 Å². The molecule has 5 nitrogen and oxygen atoms in total. The lowest BCUT2D eigenvalue weighted by molar-refractivity contribution is -0.141. The van der Waals surface area contributed by atoms with Crippen molar-refractivity contribution in [2.24, 2.45) is 4.99 Å². The molecule has 0 aromatic carbocycles. The first-order valence-corrected chi connectivity index (χ1v) is 6.25. The Bertz CT molecular complexity index is 360. The Morgan fingerprint density at radius 2 is 1.59 bits per heavy atom. The van der Waals surface area contributed by atoms with Crippen LogP contribution in [0, 0.1) is 0 Å². The molecule has 0 fully saturated rings. The lowest BCUT2D eigenvalue weighted by Crippen LogP contribution is -2.18. The highest BCUT2D eigenvalue weighted by Crippen LogP contribution is 2.15. The summed E-state index contributed by atoms with van der Waals surface area (Å²) in [5, 5.41) is 0. The maximum absolute atomic E-state index is 11.7. The smallest absolute Gasteiger partial charge is 0.341 e. The Hall–Kier alpha value is -0.920. The van der Waals surface area contributed by atoms with Gasteiger partial charge in [-0.05, 0) is 43.4 Å². The summed E-state index contributed by atoms with van der Waals surface area (Å²) in [7, 11) is 1.54. The van der Waals surface area contributed by atoms with E-state index in [-0.39, 0.29) is 24.4 Å². The van der Waals surface area contributed by atoms with Crippen molar-refractivity contribution in [1.29, 1.82) is 0 Å². The van der Waals surface area contributed by atoms with Gasteiger partial charge in [0, 0.05) is 7.05 Å². The van der Waals surface area contributed by atoms with Gasteiger partial charge in [0.2, 0.25) is 0 Å². The zero-order chi connectivity index (χ0) is 13.4. The van der Waals surface area contributed by atoms with E-state index in [0.717, 1.165) is 0 Å². The summed E-state index contributed by atoms with van der Waals surface area (Å²) in [5.41, 5.74) is 0.369. The third-order valence-electron chi connectivity index (χ3n) is 1.84. The molecule has 0 aromatic heterocycles. The van der Waals surface area contributed by atoms with Gasteiger partial charge in [-0.2, -0.15) is 0 Å². The Morgan fingerprint density at radius 3 is 2.00 bits per heavy atom. The van der Waals surface area contributed by atoms with E-state index < -0.39 is 11.9 Å². The number of carbonyl (C=O) groups is 2. The second-order valence-electron chi connectivity index (χ2n) is 2.96. The van der Waals surface area contributed by atoms with Crippen LogP contribution in [0.25, 0.3) is 0 Å². The molecule has 0 heterocycles. The van der Waals surface area contributed by atoms with Gasteiger partial charge in [0.15, 0.2) is 0 Å². The Balaban J connectivity index is 5.36. The molecule has 96 valence electrons. The molecule has 0 saturated carbocycles. The summed E-state index contributed by atoms with van der Waals surface area (Å²) in [6.07, 6.45) is 0. The van der Waals surface area contributed by atoms with Gasteiger partial charge in [-0.15, -0.1) is 0 Å². The number of halogens is 1. The van der Waals surface area contributed by atoms with Crippen LogP contribution in [0.5, 0.6) is 0 Å². The molecule has 0 aliphatic carbocycles. The largest absolute Gasteiger partial charge is 0.463 e. The number of ether oxygens (including phenoxy) is 2. The van der Waals surface area contributed by atoms with Crippen LogP contribution in [-0.2, 0) is 19.1 Å². The van der Waals surface area contributed by atoms with Crippen molar-refractivity contribution < 1.29 is 19.1 Å². The minimum absolute atomic E-state index is 0.161. The summed E-state index contributed by atoms with van der Waals surface area (Å²) in [5.74, 6) is -1.10. The first kappa shape index (κ1) is 16.1. The third kappa shape index (κ3) is 4.84. The maximum Gasteiger partial charge on any atom is 0.341 e. The van der Waals surface area contributed by atoms with Gasteiger partial charge in [-0.3, -0.25) is 4.99 Å². The first-order valence-electron chi connectivity index (χ1n) is 5.17. The molecule has 0 rings (SSSR count). The van der Waals surface area contributed by atoms with Crippen LogP contribution < -0.4 is 0 Å².